The quantitative estimate of drug-likeness (QED) is 0.0956. The van der Waals surface area contributed by atoms with Crippen LogP contribution in [0.5, 0.6) is 5.75 Å². The number of alkyl halides is 5. The lowest BCUT2D eigenvalue weighted by molar-refractivity contribution is -0.284. The summed E-state index contributed by atoms with van der Waals surface area (Å²) < 4.78 is 75.5. The fraction of sp³-hybridized carbons (Fsp3) is 0.600. The summed E-state index contributed by atoms with van der Waals surface area (Å²) in [5.74, 6) is -4.43. The maximum atomic E-state index is 13.1. The van der Waals surface area contributed by atoms with Gasteiger partial charge in [-0.15, -0.1) is 0 Å². The van der Waals surface area contributed by atoms with E-state index in [0.717, 1.165) is 57.9 Å². The number of hydrogen-bond donors (Lipinski definition) is 2. The molecule has 0 saturated heterocycles. The van der Waals surface area contributed by atoms with Crippen molar-refractivity contribution < 1.29 is 36.7 Å². The average molecular weight is 658 g/mol. The van der Waals surface area contributed by atoms with E-state index < -0.39 is 41.7 Å². The van der Waals surface area contributed by atoms with Gasteiger partial charge in [-0.1, -0.05) is 60.4 Å². The molecule has 2 aromatic rings. The molecule has 0 aromatic heterocycles. The molecule has 0 amide bonds. The number of aliphatic hydroxyl groups is 1. The second-order valence-electron chi connectivity index (χ2n) is 12.8. The van der Waals surface area contributed by atoms with Crippen LogP contribution in [0, 0.1) is 0 Å². The average Bonchev–Trinajstić information content (AvgIpc) is 3.12. The van der Waals surface area contributed by atoms with Gasteiger partial charge >= 0.3 is 12.1 Å². The Balaban J connectivity index is 1.48. The fourth-order valence-corrected chi connectivity index (χ4v) is 7.17. The summed E-state index contributed by atoms with van der Waals surface area (Å²) in [6.45, 7) is 5.18. The van der Waals surface area contributed by atoms with Crippen LogP contribution in [0.1, 0.15) is 94.7 Å². The van der Waals surface area contributed by atoms with Crippen LogP contribution in [0.3, 0.4) is 0 Å². The first-order valence-electron chi connectivity index (χ1n) is 16.0. The Hall–Kier alpha value is -2.14. The van der Waals surface area contributed by atoms with Crippen LogP contribution in [0.25, 0.3) is 11.1 Å². The summed E-state index contributed by atoms with van der Waals surface area (Å²) in [6, 6.07) is 16.2. The van der Waals surface area contributed by atoms with E-state index in [0.29, 0.717) is 25.3 Å². The van der Waals surface area contributed by atoms with Crippen molar-refractivity contribution in [3.8, 4) is 5.75 Å². The van der Waals surface area contributed by atoms with Gasteiger partial charge in [0.05, 0.1) is 5.60 Å². The monoisotopic (exact) mass is 657 g/mol. The fourth-order valence-electron chi connectivity index (χ4n) is 6.05. The Morgan fingerprint density at radius 2 is 1.51 bits per heavy atom. The van der Waals surface area contributed by atoms with Crippen molar-refractivity contribution in [3.05, 3.63) is 65.2 Å². The van der Waals surface area contributed by atoms with Gasteiger partial charge in [0.15, 0.2) is 0 Å². The van der Waals surface area contributed by atoms with Gasteiger partial charge < -0.3 is 19.7 Å². The van der Waals surface area contributed by atoms with E-state index in [2.05, 4.69) is 29.2 Å². The summed E-state index contributed by atoms with van der Waals surface area (Å²) in [7, 11) is 0. The smallest absolute Gasteiger partial charge is 0.453 e. The molecule has 2 aromatic carbocycles. The number of unbranched alkanes of at least 4 members (excludes halogenated alkanes) is 3. The maximum absolute atomic E-state index is 13.1. The predicted molar refractivity (Wildman–Crippen MR) is 173 cm³/mol. The van der Waals surface area contributed by atoms with Crippen LogP contribution in [0.15, 0.2) is 48.5 Å². The van der Waals surface area contributed by atoms with Gasteiger partial charge in [-0.2, -0.15) is 22.0 Å². The van der Waals surface area contributed by atoms with E-state index in [4.69, 9.17) is 0 Å². The summed E-state index contributed by atoms with van der Waals surface area (Å²) in [5.41, 5.74) is 5.47. The number of allylic oxidation sites excluding steroid dienone is 2. The number of rotatable bonds is 18. The van der Waals surface area contributed by atoms with E-state index in [1.165, 1.54) is 27.8 Å². The number of phenolic OH excluding ortho intramolecular Hbond substituents is 1. The standard InChI is InChI=1S/C35H48F5NO3S/c1-33(2,43)26-41(22-12-24-45(44)23-11-20-34(36,37)35(38,39)40)21-9-4-3-8-16-32-30(27-13-6-5-7-14-27)17-10-15-28-25-29(42)18-19-31(28)32/h5-7,13-14,18-19,25,42-43H,3-4,8-12,15-17,20-24,26H2,1-2H3. The molecule has 0 aliphatic heterocycles. The van der Waals surface area contributed by atoms with Crippen molar-refractivity contribution in [1.82, 2.24) is 4.90 Å². The van der Waals surface area contributed by atoms with Gasteiger partial charge in [-0.25, -0.2) is 0 Å². The molecule has 0 heterocycles. The highest BCUT2D eigenvalue weighted by Crippen LogP contribution is 2.40. The zero-order chi connectivity index (χ0) is 33.1. The summed E-state index contributed by atoms with van der Waals surface area (Å²) in [6.07, 6.45) is 0.972. The molecule has 0 radical (unpaired) electrons. The topological polar surface area (TPSA) is 66.8 Å². The van der Waals surface area contributed by atoms with Gasteiger partial charge in [0.1, 0.15) is 17.3 Å². The minimum Gasteiger partial charge on any atom is -0.616 e. The minimum atomic E-state index is -5.58. The molecule has 0 spiro atoms. The zero-order valence-corrected chi connectivity index (χ0v) is 27.3. The number of fused-ring (bicyclic) bond motifs is 1. The van der Waals surface area contributed by atoms with Gasteiger partial charge in [0.2, 0.25) is 0 Å². The Morgan fingerprint density at radius 1 is 0.844 bits per heavy atom. The molecule has 0 saturated carbocycles. The van der Waals surface area contributed by atoms with E-state index in [1.807, 2.05) is 18.2 Å². The van der Waals surface area contributed by atoms with Crippen LogP contribution in [0.2, 0.25) is 0 Å². The Bertz CT molecular complexity index is 1210. The third kappa shape index (κ3) is 12.5. The van der Waals surface area contributed by atoms with Crippen molar-refractivity contribution in [1.29, 1.82) is 0 Å². The molecule has 10 heteroatoms. The highest BCUT2D eigenvalue weighted by Gasteiger charge is 2.56. The normalized spacial score (nSPS) is 15.3. The number of benzene rings is 2. The molecule has 0 bridgehead atoms. The Labute approximate surface area is 267 Å². The number of aromatic hydroxyl groups is 1. The number of halogens is 5. The van der Waals surface area contributed by atoms with E-state index in [1.54, 1.807) is 19.9 Å². The minimum absolute atomic E-state index is 0.189. The molecule has 1 unspecified atom stereocenters. The Kier molecular flexibility index (Phi) is 14.2. The summed E-state index contributed by atoms with van der Waals surface area (Å²) in [5, 5.41) is 20.5. The molecular formula is C35H48F5NO3S. The van der Waals surface area contributed by atoms with Crippen molar-refractivity contribution in [3.63, 3.8) is 0 Å². The lowest BCUT2D eigenvalue weighted by Crippen LogP contribution is -2.40. The van der Waals surface area contributed by atoms with Gasteiger partial charge in [0, 0.05) is 25.9 Å². The van der Waals surface area contributed by atoms with Crippen molar-refractivity contribution in [2.75, 3.05) is 31.1 Å². The Morgan fingerprint density at radius 3 is 2.20 bits per heavy atom. The molecule has 1 aliphatic rings. The number of phenols is 1. The summed E-state index contributed by atoms with van der Waals surface area (Å²) >= 11 is -1.48. The first-order valence-corrected chi connectivity index (χ1v) is 17.5. The van der Waals surface area contributed by atoms with Crippen molar-refractivity contribution >= 4 is 22.3 Å². The highest BCUT2D eigenvalue weighted by molar-refractivity contribution is 7.91. The summed E-state index contributed by atoms with van der Waals surface area (Å²) in [4.78, 5) is 2.11. The van der Waals surface area contributed by atoms with E-state index in [9.17, 15) is 36.7 Å². The molecule has 4 nitrogen and oxygen atoms in total. The third-order valence-corrected chi connectivity index (χ3v) is 9.65. The van der Waals surface area contributed by atoms with Crippen LogP contribution in [-0.4, -0.2) is 68.5 Å². The van der Waals surface area contributed by atoms with E-state index >= 15 is 0 Å². The van der Waals surface area contributed by atoms with Gasteiger partial charge in [-0.3, -0.25) is 0 Å². The molecule has 0 fully saturated rings. The first kappa shape index (κ1) is 37.3. The van der Waals surface area contributed by atoms with Gasteiger partial charge in [-0.05, 0) is 105 Å². The second-order valence-corrected chi connectivity index (χ2v) is 14.5. The molecule has 3 rings (SSSR count). The number of hydrogen-bond acceptors (Lipinski definition) is 4. The molecule has 45 heavy (non-hydrogen) atoms. The van der Waals surface area contributed by atoms with Crippen LogP contribution in [-0.2, 0) is 17.6 Å². The zero-order valence-electron chi connectivity index (χ0n) is 26.5. The third-order valence-electron chi connectivity index (χ3n) is 8.16. The SMILES string of the molecule is CC(C)(O)CN(CCCCCCC1=C(c2ccccc2)CCCc2cc(O)ccc21)CCC[S+]([O-])CCCC(F)(F)C(F)(F)F. The molecule has 2 N–H and O–H groups in total. The second kappa shape index (κ2) is 17.1. The lowest BCUT2D eigenvalue weighted by Gasteiger charge is -2.29. The largest absolute Gasteiger partial charge is 0.616 e. The molecule has 1 atom stereocenters. The molecule has 252 valence electrons. The highest BCUT2D eigenvalue weighted by atomic mass is 32.2. The molecule has 1 aliphatic carbocycles. The van der Waals surface area contributed by atoms with Crippen LogP contribution in [0.4, 0.5) is 22.0 Å². The first-order chi connectivity index (χ1) is 21.2. The van der Waals surface area contributed by atoms with Crippen LogP contribution < -0.4 is 0 Å². The molecular weight excluding hydrogens is 609 g/mol. The van der Waals surface area contributed by atoms with Gasteiger partial charge in [0.25, 0.3) is 0 Å². The number of aryl methyl sites for hydroxylation is 1. The van der Waals surface area contributed by atoms with Crippen molar-refractivity contribution in [2.24, 2.45) is 0 Å². The number of nitrogens with zero attached hydrogens (tertiary/aromatic N) is 1. The van der Waals surface area contributed by atoms with Crippen LogP contribution >= 0.6 is 0 Å². The van der Waals surface area contributed by atoms with E-state index in [-0.39, 0.29) is 11.5 Å². The predicted octanol–water partition coefficient (Wildman–Crippen LogP) is 8.78. The maximum Gasteiger partial charge on any atom is 0.453 e. The van der Waals surface area contributed by atoms with Crippen molar-refractivity contribution in [2.45, 2.75) is 102 Å². The lowest BCUT2D eigenvalue weighted by atomic mass is 9.89.